The van der Waals surface area contributed by atoms with Gasteiger partial charge in [0, 0.05) is 12.0 Å². The Bertz CT molecular complexity index is 437. The van der Waals surface area contributed by atoms with E-state index in [1.165, 1.54) is 0 Å². The summed E-state index contributed by atoms with van der Waals surface area (Å²) in [6.07, 6.45) is 3.24. The summed E-state index contributed by atoms with van der Waals surface area (Å²) in [4.78, 5) is 39.3. The number of rotatable bonds is 3. The van der Waals surface area contributed by atoms with Gasteiger partial charge in [0.2, 0.25) is 0 Å². The van der Waals surface area contributed by atoms with Gasteiger partial charge in [-0.3, -0.25) is 9.13 Å². The Labute approximate surface area is 117 Å². The lowest BCUT2D eigenvalue weighted by Gasteiger charge is -2.46. The lowest BCUT2D eigenvalue weighted by atomic mass is 9.86. The Hall–Kier alpha value is 0.220. The maximum absolute atomic E-state index is 11.5. The molecule has 2 heterocycles. The van der Waals surface area contributed by atoms with Crippen LogP contribution in [0.5, 0.6) is 0 Å². The van der Waals surface area contributed by atoms with Gasteiger partial charge in [-0.05, 0) is 38.8 Å². The molecule has 2 saturated heterocycles. The lowest BCUT2D eigenvalue weighted by molar-refractivity contribution is 0.00750. The fraction of sp³-hybridized carbons (Fsp3) is 1.00. The Morgan fingerprint density at radius 3 is 2.10 bits per heavy atom. The fourth-order valence-corrected chi connectivity index (χ4v) is 6.16. The van der Waals surface area contributed by atoms with Crippen LogP contribution in [-0.2, 0) is 9.13 Å². The predicted molar refractivity (Wildman–Crippen MR) is 71.0 cm³/mol. The van der Waals surface area contributed by atoms with E-state index >= 15 is 0 Å². The quantitative estimate of drug-likeness (QED) is 0.465. The molecule has 118 valence electrons. The van der Waals surface area contributed by atoms with Crippen molar-refractivity contribution < 1.29 is 33.8 Å². The van der Waals surface area contributed by atoms with Gasteiger partial charge in [0.1, 0.15) is 0 Å². The topological polar surface area (TPSA) is 139 Å². The second kappa shape index (κ2) is 5.45. The normalized spacial score (nSPS) is 30.1. The minimum Gasteiger partial charge on any atom is -0.367 e. The van der Waals surface area contributed by atoms with Gasteiger partial charge in [-0.2, -0.15) is 0 Å². The van der Waals surface area contributed by atoms with E-state index in [2.05, 4.69) is 4.90 Å². The monoisotopic (exact) mass is 329 g/mol. The van der Waals surface area contributed by atoms with Crippen molar-refractivity contribution in [1.82, 2.24) is 4.90 Å². The minimum absolute atomic E-state index is 0.0344. The zero-order valence-corrected chi connectivity index (χ0v) is 12.8. The van der Waals surface area contributed by atoms with E-state index in [1.54, 1.807) is 0 Å². The molecule has 0 aliphatic carbocycles. The highest BCUT2D eigenvalue weighted by atomic mass is 31.2. The van der Waals surface area contributed by atoms with Crippen molar-refractivity contribution >= 4 is 15.2 Å². The highest BCUT2D eigenvalue weighted by molar-refractivity contribution is 7.72. The number of aliphatic hydroxyl groups is 1. The summed E-state index contributed by atoms with van der Waals surface area (Å²) >= 11 is 0. The van der Waals surface area contributed by atoms with Crippen molar-refractivity contribution in [3.63, 3.8) is 0 Å². The van der Waals surface area contributed by atoms with Crippen LogP contribution in [0.15, 0.2) is 0 Å². The van der Waals surface area contributed by atoms with E-state index in [0.29, 0.717) is 6.54 Å². The van der Waals surface area contributed by atoms with E-state index in [9.17, 15) is 33.8 Å². The van der Waals surface area contributed by atoms with Crippen LogP contribution in [0, 0.1) is 5.92 Å². The Morgan fingerprint density at radius 1 is 0.950 bits per heavy atom. The van der Waals surface area contributed by atoms with Crippen molar-refractivity contribution in [1.29, 1.82) is 0 Å². The molecule has 2 unspecified atom stereocenters. The summed E-state index contributed by atoms with van der Waals surface area (Å²) < 4.78 is 23.0. The third-order valence-electron chi connectivity index (χ3n) is 4.48. The van der Waals surface area contributed by atoms with Gasteiger partial charge in [0.05, 0.1) is 0 Å². The summed E-state index contributed by atoms with van der Waals surface area (Å²) in [6, 6.07) is 0.0344. The predicted octanol–water partition coefficient (Wildman–Crippen LogP) is 0.252. The second-order valence-electron chi connectivity index (χ2n) is 5.68. The van der Waals surface area contributed by atoms with E-state index in [0.717, 1.165) is 25.8 Å². The second-order valence-corrected chi connectivity index (χ2v) is 9.57. The van der Waals surface area contributed by atoms with Gasteiger partial charge in [-0.1, -0.05) is 6.42 Å². The van der Waals surface area contributed by atoms with Crippen LogP contribution in [0.1, 0.15) is 32.1 Å². The minimum atomic E-state index is -5.35. The molecule has 2 fully saturated rings. The first-order chi connectivity index (χ1) is 9.07. The van der Waals surface area contributed by atoms with Crippen LogP contribution in [0.3, 0.4) is 0 Å². The van der Waals surface area contributed by atoms with E-state index < -0.39 is 26.2 Å². The summed E-state index contributed by atoms with van der Waals surface area (Å²) in [5.74, 6) is -1.09. The molecule has 10 heteroatoms. The maximum atomic E-state index is 11.5. The van der Waals surface area contributed by atoms with Gasteiger partial charge in [-0.15, -0.1) is 0 Å². The van der Waals surface area contributed by atoms with Crippen molar-refractivity contribution in [3.8, 4) is 0 Å². The summed E-state index contributed by atoms with van der Waals surface area (Å²) in [7, 11) is -10.7. The molecule has 20 heavy (non-hydrogen) atoms. The standard InChI is InChI=1S/C10H21NO7P2/c12-10(19(13,14)15,20(16,17)18)8-4-6-11-5-2-1-3-9(11)7-8/h8-9,12H,1-7H2,(H2,13,14,15)(H2,16,17,18). The number of fused-ring (bicyclic) bond motifs is 1. The molecule has 0 amide bonds. The van der Waals surface area contributed by atoms with Gasteiger partial charge in [0.15, 0.2) is 0 Å². The molecular formula is C10H21NO7P2. The molecule has 0 bridgehead atoms. The molecule has 5 N–H and O–H groups in total. The molecule has 0 aromatic rings. The van der Waals surface area contributed by atoms with Crippen molar-refractivity contribution in [3.05, 3.63) is 0 Å². The van der Waals surface area contributed by atoms with Crippen molar-refractivity contribution in [2.24, 2.45) is 5.92 Å². The van der Waals surface area contributed by atoms with Crippen molar-refractivity contribution in [2.45, 2.75) is 43.2 Å². The van der Waals surface area contributed by atoms with E-state index in [4.69, 9.17) is 0 Å². The smallest absolute Gasteiger partial charge is 0.367 e. The SMILES string of the molecule is O=P(O)(O)C(O)(C1CCN2CCCCC2C1)P(=O)(O)O. The average Bonchev–Trinajstić information content (AvgIpc) is 2.34. The zero-order chi connectivity index (χ0) is 15.2. The molecule has 0 saturated carbocycles. The first kappa shape index (κ1) is 16.6. The fourth-order valence-electron chi connectivity index (χ4n) is 3.39. The van der Waals surface area contributed by atoms with Crippen LogP contribution in [0.25, 0.3) is 0 Å². The molecule has 0 spiro atoms. The third kappa shape index (κ3) is 2.76. The van der Waals surface area contributed by atoms with Crippen LogP contribution in [0.2, 0.25) is 0 Å². The first-order valence-corrected chi connectivity index (χ1v) is 9.87. The van der Waals surface area contributed by atoms with Gasteiger partial charge < -0.3 is 29.6 Å². The Kier molecular flexibility index (Phi) is 4.52. The third-order valence-corrected chi connectivity index (χ3v) is 8.48. The van der Waals surface area contributed by atoms with E-state index in [-0.39, 0.29) is 18.9 Å². The lowest BCUT2D eigenvalue weighted by Crippen LogP contribution is -2.51. The van der Waals surface area contributed by atoms with Crippen LogP contribution in [0.4, 0.5) is 0 Å². The van der Waals surface area contributed by atoms with Gasteiger partial charge in [0.25, 0.3) is 5.08 Å². The zero-order valence-electron chi connectivity index (χ0n) is 11.0. The first-order valence-electron chi connectivity index (χ1n) is 6.65. The number of hydrogen-bond acceptors (Lipinski definition) is 4. The molecule has 0 aromatic carbocycles. The Balaban J connectivity index is 2.28. The van der Waals surface area contributed by atoms with Crippen LogP contribution in [-0.4, -0.2) is 53.8 Å². The van der Waals surface area contributed by atoms with Gasteiger partial charge >= 0.3 is 15.2 Å². The largest absolute Gasteiger partial charge is 0.369 e. The maximum Gasteiger partial charge on any atom is 0.369 e. The molecule has 2 aliphatic heterocycles. The molecule has 2 atom stereocenters. The molecule has 2 rings (SSSR count). The van der Waals surface area contributed by atoms with Crippen LogP contribution < -0.4 is 0 Å². The summed E-state index contributed by atoms with van der Waals surface area (Å²) in [5, 5.41) is 6.89. The van der Waals surface area contributed by atoms with E-state index in [1.807, 2.05) is 0 Å². The number of hydrogen-bond donors (Lipinski definition) is 5. The molecule has 0 aromatic heterocycles. The van der Waals surface area contributed by atoms with Gasteiger partial charge in [-0.25, -0.2) is 0 Å². The summed E-state index contributed by atoms with van der Waals surface area (Å²) in [5.41, 5.74) is 0. The van der Waals surface area contributed by atoms with Crippen molar-refractivity contribution in [2.75, 3.05) is 13.1 Å². The van der Waals surface area contributed by atoms with Crippen LogP contribution >= 0.6 is 15.2 Å². The highest BCUT2D eigenvalue weighted by Crippen LogP contribution is 2.72. The Morgan fingerprint density at radius 2 is 1.55 bits per heavy atom. The molecule has 2 aliphatic rings. The molecule has 8 nitrogen and oxygen atoms in total. The number of piperidine rings is 2. The number of nitrogens with zero attached hydrogens (tertiary/aromatic N) is 1. The molecule has 0 radical (unpaired) electrons. The average molecular weight is 329 g/mol. The highest BCUT2D eigenvalue weighted by Gasteiger charge is 2.64. The summed E-state index contributed by atoms with van der Waals surface area (Å²) in [6.45, 7) is 1.39. The molecular weight excluding hydrogens is 308 g/mol.